The summed E-state index contributed by atoms with van der Waals surface area (Å²) < 4.78 is 0. The molecule has 1 amide bonds. The molecule has 2 aromatic carbocycles. The van der Waals surface area contributed by atoms with Crippen LogP contribution in [0.5, 0.6) is 0 Å². The average Bonchev–Trinajstić information content (AvgIpc) is 2.54. The molecule has 0 bridgehead atoms. The minimum absolute atomic E-state index is 0.0274. The Bertz CT molecular complexity index is 590. The molecule has 0 aromatic heterocycles. The largest absolute Gasteiger partial charge is 0.381 e. The molecule has 2 aromatic rings. The van der Waals surface area contributed by atoms with Gasteiger partial charge in [-0.15, -0.1) is 0 Å². The summed E-state index contributed by atoms with van der Waals surface area (Å²) in [4.78, 5) is 11.7. The molecule has 0 aliphatic rings. The lowest BCUT2D eigenvalue weighted by Crippen LogP contribution is -2.22. The van der Waals surface area contributed by atoms with Crippen LogP contribution in [0.15, 0.2) is 48.5 Å². The van der Waals surface area contributed by atoms with Crippen molar-refractivity contribution < 1.29 is 4.79 Å². The van der Waals surface area contributed by atoms with Gasteiger partial charge in [0.15, 0.2) is 0 Å². The molecule has 0 saturated carbocycles. The van der Waals surface area contributed by atoms with E-state index in [2.05, 4.69) is 41.8 Å². The summed E-state index contributed by atoms with van der Waals surface area (Å²) in [5.74, 6) is -0.0274. The van der Waals surface area contributed by atoms with Crippen LogP contribution in [0, 0.1) is 0 Å². The minimum atomic E-state index is -0.0274. The van der Waals surface area contributed by atoms with Crippen LogP contribution in [0.25, 0.3) is 0 Å². The van der Waals surface area contributed by atoms with Gasteiger partial charge in [-0.3, -0.25) is 4.79 Å². The first kappa shape index (κ1) is 15.1. The van der Waals surface area contributed by atoms with E-state index in [4.69, 9.17) is 0 Å². The number of rotatable bonds is 6. The Morgan fingerprint density at radius 2 is 1.62 bits per heavy atom. The minimum Gasteiger partial charge on any atom is -0.381 e. The molecule has 110 valence electrons. The summed E-state index contributed by atoms with van der Waals surface area (Å²) in [6.07, 6.45) is 1.04. The SMILES string of the molecule is CCNC(=O)c1ccc(NCc2ccccc2CC)cc1. The van der Waals surface area contributed by atoms with Gasteiger partial charge in [0.05, 0.1) is 0 Å². The van der Waals surface area contributed by atoms with Gasteiger partial charge in [0.2, 0.25) is 0 Å². The number of amides is 1. The van der Waals surface area contributed by atoms with Crippen molar-refractivity contribution in [2.45, 2.75) is 26.8 Å². The molecule has 3 nitrogen and oxygen atoms in total. The lowest BCUT2D eigenvalue weighted by molar-refractivity contribution is 0.0956. The number of anilines is 1. The summed E-state index contributed by atoms with van der Waals surface area (Å²) in [6, 6.07) is 16.0. The van der Waals surface area contributed by atoms with E-state index in [-0.39, 0.29) is 5.91 Å². The second-order valence-electron chi connectivity index (χ2n) is 4.91. The first-order valence-corrected chi connectivity index (χ1v) is 7.43. The van der Waals surface area contributed by atoms with Gasteiger partial charge in [-0.1, -0.05) is 31.2 Å². The van der Waals surface area contributed by atoms with E-state index in [1.165, 1.54) is 11.1 Å². The van der Waals surface area contributed by atoms with Crippen LogP contribution in [0.4, 0.5) is 5.69 Å². The third-order valence-corrected chi connectivity index (χ3v) is 3.47. The van der Waals surface area contributed by atoms with Crippen molar-refractivity contribution in [3.63, 3.8) is 0 Å². The van der Waals surface area contributed by atoms with Gasteiger partial charge in [0.25, 0.3) is 5.91 Å². The highest BCUT2D eigenvalue weighted by Crippen LogP contribution is 2.14. The molecule has 0 fully saturated rings. The first-order valence-electron chi connectivity index (χ1n) is 7.43. The molecule has 0 unspecified atom stereocenters. The van der Waals surface area contributed by atoms with E-state index in [0.29, 0.717) is 12.1 Å². The summed E-state index contributed by atoms with van der Waals surface area (Å²) in [5, 5.41) is 6.20. The topological polar surface area (TPSA) is 41.1 Å². The Morgan fingerprint density at radius 3 is 2.24 bits per heavy atom. The van der Waals surface area contributed by atoms with Gasteiger partial charge < -0.3 is 10.6 Å². The molecule has 21 heavy (non-hydrogen) atoms. The molecule has 0 aliphatic heterocycles. The number of nitrogens with one attached hydrogen (secondary N) is 2. The van der Waals surface area contributed by atoms with Crippen LogP contribution in [-0.2, 0) is 13.0 Å². The highest BCUT2D eigenvalue weighted by atomic mass is 16.1. The number of carbonyl (C=O) groups is 1. The number of aryl methyl sites for hydroxylation is 1. The van der Waals surface area contributed by atoms with Gasteiger partial charge in [-0.25, -0.2) is 0 Å². The summed E-state index contributed by atoms with van der Waals surface area (Å²) in [7, 11) is 0. The molecule has 3 heteroatoms. The maximum atomic E-state index is 11.7. The zero-order chi connectivity index (χ0) is 15.1. The normalized spacial score (nSPS) is 10.2. The van der Waals surface area contributed by atoms with Crippen LogP contribution in [0.1, 0.15) is 35.3 Å². The van der Waals surface area contributed by atoms with Crippen LogP contribution < -0.4 is 10.6 Å². The highest BCUT2D eigenvalue weighted by molar-refractivity contribution is 5.94. The molecule has 0 heterocycles. The molecule has 0 radical (unpaired) electrons. The number of carbonyl (C=O) groups excluding carboxylic acids is 1. The molecular formula is C18H22N2O. The molecular weight excluding hydrogens is 260 g/mol. The van der Waals surface area contributed by atoms with Gasteiger partial charge >= 0.3 is 0 Å². The Labute approximate surface area is 126 Å². The molecule has 0 atom stereocenters. The maximum Gasteiger partial charge on any atom is 0.251 e. The zero-order valence-corrected chi connectivity index (χ0v) is 12.6. The van der Waals surface area contributed by atoms with Crippen LogP contribution >= 0.6 is 0 Å². The number of hydrogen-bond donors (Lipinski definition) is 2. The Balaban J connectivity index is 1.99. The third-order valence-electron chi connectivity index (χ3n) is 3.47. The fourth-order valence-corrected chi connectivity index (χ4v) is 2.27. The van der Waals surface area contributed by atoms with Crippen molar-refractivity contribution in [3.8, 4) is 0 Å². The molecule has 0 saturated heterocycles. The van der Waals surface area contributed by atoms with E-state index >= 15 is 0 Å². The van der Waals surface area contributed by atoms with Crippen molar-refractivity contribution in [1.29, 1.82) is 0 Å². The fraction of sp³-hybridized carbons (Fsp3) is 0.278. The van der Waals surface area contributed by atoms with Crippen LogP contribution in [0.3, 0.4) is 0 Å². The van der Waals surface area contributed by atoms with E-state index in [1.807, 2.05) is 31.2 Å². The van der Waals surface area contributed by atoms with E-state index in [9.17, 15) is 4.79 Å². The van der Waals surface area contributed by atoms with Crippen molar-refractivity contribution in [1.82, 2.24) is 5.32 Å². The quantitative estimate of drug-likeness (QED) is 0.849. The van der Waals surface area contributed by atoms with Crippen LogP contribution in [0.2, 0.25) is 0 Å². The Kier molecular flexibility index (Phi) is 5.38. The smallest absolute Gasteiger partial charge is 0.251 e. The Morgan fingerprint density at radius 1 is 0.952 bits per heavy atom. The highest BCUT2D eigenvalue weighted by Gasteiger charge is 2.04. The molecule has 0 spiro atoms. The Hall–Kier alpha value is -2.29. The second-order valence-corrected chi connectivity index (χ2v) is 4.91. The van der Waals surface area contributed by atoms with Crippen molar-refractivity contribution >= 4 is 11.6 Å². The molecule has 2 rings (SSSR count). The standard InChI is InChI=1S/C18H22N2O/c1-3-14-7-5-6-8-16(14)13-20-17-11-9-15(10-12-17)18(21)19-4-2/h5-12,20H,3-4,13H2,1-2H3,(H,19,21). The lowest BCUT2D eigenvalue weighted by Gasteiger charge is -2.11. The summed E-state index contributed by atoms with van der Waals surface area (Å²) in [6.45, 7) is 5.52. The van der Waals surface area contributed by atoms with E-state index in [1.54, 1.807) is 0 Å². The van der Waals surface area contributed by atoms with Gasteiger partial charge in [0, 0.05) is 24.3 Å². The van der Waals surface area contributed by atoms with Gasteiger partial charge in [-0.2, -0.15) is 0 Å². The van der Waals surface area contributed by atoms with Crippen molar-refractivity contribution in [3.05, 3.63) is 65.2 Å². The van der Waals surface area contributed by atoms with E-state index < -0.39 is 0 Å². The average molecular weight is 282 g/mol. The predicted octanol–water partition coefficient (Wildman–Crippen LogP) is 3.61. The maximum absolute atomic E-state index is 11.7. The predicted molar refractivity (Wildman–Crippen MR) is 87.6 cm³/mol. The zero-order valence-electron chi connectivity index (χ0n) is 12.6. The lowest BCUT2D eigenvalue weighted by atomic mass is 10.1. The number of benzene rings is 2. The third kappa shape index (κ3) is 4.09. The molecule has 0 aliphatic carbocycles. The van der Waals surface area contributed by atoms with E-state index in [0.717, 1.165) is 18.7 Å². The first-order chi connectivity index (χ1) is 10.2. The van der Waals surface area contributed by atoms with Crippen molar-refractivity contribution in [2.24, 2.45) is 0 Å². The fourth-order valence-electron chi connectivity index (χ4n) is 2.27. The molecule has 2 N–H and O–H groups in total. The second kappa shape index (κ2) is 7.48. The van der Waals surface area contributed by atoms with Gasteiger partial charge in [0.1, 0.15) is 0 Å². The monoisotopic (exact) mass is 282 g/mol. The van der Waals surface area contributed by atoms with Crippen LogP contribution in [-0.4, -0.2) is 12.5 Å². The number of hydrogen-bond acceptors (Lipinski definition) is 2. The van der Waals surface area contributed by atoms with Gasteiger partial charge in [-0.05, 0) is 48.7 Å². The summed E-state index contributed by atoms with van der Waals surface area (Å²) >= 11 is 0. The summed E-state index contributed by atoms with van der Waals surface area (Å²) in [5.41, 5.74) is 4.39. The van der Waals surface area contributed by atoms with Crippen molar-refractivity contribution in [2.75, 3.05) is 11.9 Å².